The molecule has 0 saturated carbocycles. The Kier molecular flexibility index (Phi) is 6.44. The van der Waals surface area contributed by atoms with Gasteiger partial charge in [-0.05, 0) is 57.5 Å². The minimum atomic E-state index is -0.689. The second kappa shape index (κ2) is 9.04. The van der Waals surface area contributed by atoms with E-state index in [1.54, 1.807) is 64.2 Å². The van der Waals surface area contributed by atoms with Gasteiger partial charge in [-0.3, -0.25) is 4.79 Å². The van der Waals surface area contributed by atoms with Gasteiger partial charge in [0.1, 0.15) is 0 Å². The first-order chi connectivity index (χ1) is 14.7. The molecule has 0 saturated heterocycles. The third kappa shape index (κ3) is 4.94. The van der Waals surface area contributed by atoms with E-state index in [9.17, 15) is 14.4 Å². The van der Waals surface area contributed by atoms with Crippen LogP contribution in [0.5, 0.6) is 0 Å². The van der Waals surface area contributed by atoms with Gasteiger partial charge in [0.15, 0.2) is 0 Å². The Bertz CT molecular complexity index is 1040. The number of benzene rings is 2. The molecule has 1 aliphatic heterocycles. The fourth-order valence-corrected chi connectivity index (χ4v) is 3.33. The van der Waals surface area contributed by atoms with E-state index >= 15 is 0 Å². The molecule has 31 heavy (non-hydrogen) atoms. The summed E-state index contributed by atoms with van der Waals surface area (Å²) in [7, 11) is 1.60. The Morgan fingerprint density at radius 1 is 1.10 bits per heavy atom. The Labute approximate surface area is 182 Å². The maximum Gasteiger partial charge on any atom is 0.338 e. The molecule has 7 nitrogen and oxygen atoms in total. The van der Waals surface area contributed by atoms with Crippen LogP contribution in [0.3, 0.4) is 0 Å². The minimum Gasteiger partial charge on any atom is -0.459 e. The van der Waals surface area contributed by atoms with Gasteiger partial charge in [-0.25, -0.2) is 9.59 Å². The smallest absolute Gasteiger partial charge is 0.338 e. The average Bonchev–Trinajstić information content (AvgIpc) is 2.71. The topological polar surface area (TPSA) is 87.7 Å². The number of carbonyl (C=O) groups excluding carboxylic acids is 3. The van der Waals surface area contributed by atoms with Gasteiger partial charge in [0.2, 0.25) is 0 Å². The number of allylic oxidation sites excluding steroid dienone is 1. The van der Waals surface area contributed by atoms with Crippen LogP contribution < -0.4 is 10.6 Å². The van der Waals surface area contributed by atoms with Crippen molar-refractivity contribution in [2.24, 2.45) is 0 Å². The van der Waals surface area contributed by atoms with Crippen molar-refractivity contribution in [2.75, 3.05) is 12.4 Å². The van der Waals surface area contributed by atoms with Crippen molar-refractivity contribution in [3.8, 4) is 0 Å². The molecular weight excluding hydrogens is 394 g/mol. The molecule has 0 radical (unpaired) electrons. The Hall–Kier alpha value is -3.61. The summed E-state index contributed by atoms with van der Waals surface area (Å²) in [6.45, 7) is 7.22. The molecule has 2 aromatic rings. The van der Waals surface area contributed by atoms with Crippen LogP contribution in [0.25, 0.3) is 0 Å². The zero-order valence-electron chi connectivity index (χ0n) is 18.4. The fourth-order valence-electron chi connectivity index (χ4n) is 3.33. The van der Waals surface area contributed by atoms with Crippen LogP contribution >= 0.6 is 0 Å². The van der Waals surface area contributed by atoms with Gasteiger partial charge < -0.3 is 20.3 Å². The molecule has 0 spiro atoms. The summed E-state index contributed by atoms with van der Waals surface area (Å²) in [5, 5.41) is 5.72. The molecule has 0 aliphatic carbocycles. The second-order valence-corrected chi connectivity index (χ2v) is 7.84. The quantitative estimate of drug-likeness (QED) is 0.710. The monoisotopic (exact) mass is 421 g/mol. The first kappa shape index (κ1) is 22.1. The van der Waals surface area contributed by atoms with Crippen molar-refractivity contribution in [3.05, 3.63) is 76.5 Å². The van der Waals surface area contributed by atoms with Gasteiger partial charge in [-0.1, -0.05) is 29.8 Å². The van der Waals surface area contributed by atoms with Gasteiger partial charge in [-0.2, -0.15) is 0 Å². The number of nitrogens with one attached hydrogen (secondary N) is 2. The molecule has 2 aromatic carbocycles. The number of carbonyl (C=O) groups is 3. The summed E-state index contributed by atoms with van der Waals surface area (Å²) in [5.41, 5.74) is 3.72. The Morgan fingerprint density at radius 2 is 1.77 bits per heavy atom. The number of amides is 3. The highest BCUT2D eigenvalue weighted by molar-refractivity contribution is 6.04. The SMILES string of the molecule is CC1=C(C(=O)OC(C)C)[C@H](c2cccc(NC(=O)c3ccc(C)cc3)c2)NC(=O)N1C. The van der Waals surface area contributed by atoms with Gasteiger partial charge in [-0.15, -0.1) is 0 Å². The first-order valence-corrected chi connectivity index (χ1v) is 10.1. The van der Waals surface area contributed by atoms with Gasteiger partial charge >= 0.3 is 12.0 Å². The third-order valence-electron chi connectivity index (χ3n) is 5.11. The molecule has 3 rings (SSSR count). The van der Waals surface area contributed by atoms with Crippen LogP contribution in [0.15, 0.2) is 59.8 Å². The van der Waals surface area contributed by atoms with Crippen LogP contribution in [0.2, 0.25) is 0 Å². The van der Waals surface area contributed by atoms with Crippen molar-refractivity contribution in [1.82, 2.24) is 10.2 Å². The number of hydrogen-bond donors (Lipinski definition) is 2. The standard InChI is InChI=1S/C24H27N3O4/c1-14(2)31-23(29)20-16(4)27(5)24(30)26-21(20)18-7-6-8-19(13-18)25-22(28)17-11-9-15(3)10-12-17/h6-14,21H,1-5H3,(H,25,28)(H,26,30)/t21-/m0/s1. The van der Waals surface area contributed by atoms with E-state index in [1.165, 1.54) is 4.90 Å². The van der Waals surface area contributed by atoms with E-state index in [0.29, 0.717) is 28.1 Å². The average molecular weight is 421 g/mol. The minimum absolute atomic E-state index is 0.240. The molecule has 0 fully saturated rings. The lowest BCUT2D eigenvalue weighted by Crippen LogP contribution is -2.46. The number of esters is 1. The fraction of sp³-hybridized carbons (Fsp3) is 0.292. The van der Waals surface area contributed by atoms with E-state index in [0.717, 1.165) is 5.56 Å². The van der Waals surface area contributed by atoms with E-state index in [-0.39, 0.29) is 18.0 Å². The molecule has 0 bridgehead atoms. The second-order valence-electron chi connectivity index (χ2n) is 7.84. The van der Waals surface area contributed by atoms with Gasteiger partial charge in [0.05, 0.1) is 17.7 Å². The number of aryl methyl sites for hydroxylation is 1. The number of ether oxygens (including phenoxy) is 1. The predicted octanol–water partition coefficient (Wildman–Crippen LogP) is 4.17. The zero-order valence-corrected chi connectivity index (χ0v) is 18.4. The summed E-state index contributed by atoms with van der Waals surface area (Å²) in [6.07, 6.45) is -0.295. The maximum absolute atomic E-state index is 12.8. The van der Waals surface area contributed by atoms with Gasteiger partial charge in [0.25, 0.3) is 5.91 Å². The molecule has 7 heteroatoms. The number of urea groups is 1. The van der Waals surface area contributed by atoms with Crippen LogP contribution in [0.4, 0.5) is 10.5 Å². The Balaban J connectivity index is 1.91. The Morgan fingerprint density at radius 3 is 2.42 bits per heavy atom. The largest absolute Gasteiger partial charge is 0.459 e. The highest BCUT2D eigenvalue weighted by atomic mass is 16.5. The first-order valence-electron chi connectivity index (χ1n) is 10.1. The third-order valence-corrected chi connectivity index (χ3v) is 5.11. The molecule has 1 heterocycles. The predicted molar refractivity (Wildman–Crippen MR) is 119 cm³/mol. The number of rotatable bonds is 5. The molecule has 162 valence electrons. The molecule has 0 aromatic heterocycles. The van der Waals surface area contributed by atoms with Crippen LogP contribution in [-0.2, 0) is 9.53 Å². The van der Waals surface area contributed by atoms with E-state index in [4.69, 9.17) is 4.74 Å². The molecule has 2 N–H and O–H groups in total. The van der Waals surface area contributed by atoms with Crippen molar-refractivity contribution in [3.63, 3.8) is 0 Å². The van der Waals surface area contributed by atoms with E-state index < -0.39 is 12.0 Å². The summed E-state index contributed by atoms with van der Waals surface area (Å²) in [6, 6.07) is 13.3. The molecule has 1 atom stereocenters. The van der Waals surface area contributed by atoms with Crippen LogP contribution in [0.1, 0.15) is 48.3 Å². The molecule has 3 amide bonds. The van der Waals surface area contributed by atoms with Crippen LogP contribution in [0, 0.1) is 6.92 Å². The lowest BCUT2D eigenvalue weighted by Gasteiger charge is -2.33. The van der Waals surface area contributed by atoms with E-state index in [1.807, 2.05) is 19.1 Å². The van der Waals surface area contributed by atoms with Gasteiger partial charge in [0, 0.05) is 24.0 Å². The number of hydrogen-bond acceptors (Lipinski definition) is 4. The summed E-state index contributed by atoms with van der Waals surface area (Å²) in [5.74, 6) is -0.728. The van der Waals surface area contributed by atoms with Crippen molar-refractivity contribution in [1.29, 1.82) is 0 Å². The summed E-state index contributed by atoms with van der Waals surface area (Å²) < 4.78 is 5.41. The normalized spacial score (nSPS) is 16.3. The summed E-state index contributed by atoms with van der Waals surface area (Å²) >= 11 is 0. The molecule has 0 unspecified atom stereocenters. The van der Waals surface area contributed by atoms with E-state index in [2.05, 4.69) is 10.6 Å². The van der Waals surface area contributed by atoms with Crippen molar-refractivity contribution >= 4 is 23.6 Å². The van der Waals surface area contributed by atoms with Crippen molar-refractivity contribution < 1.29 is 19.1 Å². The lowest BCUT2D eigenvalue weighted by atomic mass is 9.94. The number of nitrogens with zero attached hydrogens (tertiary/aromatic N) is 1. The molecule has 1 aliphatic rings. The molecular formula is C24H27N3O4. The lowest BCUT2D eigenvalue weighted by molar-refractivity contribution is -0.143. The van der Waals surface area contributed by atoms with Crippen molar-refractivity contribution in [2.45, 2.75) is 39.8 Å². The highest BCUT2D eigenvalue weighted by Crippen LogP contribution is 2.32. The highest BCUT2D eigenvalue weighted by Gasteiger charge is 2.35. The number of anilines is 1. The van der Waals surface area contributed by atoms with Crippen LogP contribution in [-0.4, -0.2) is 36.0 Å². The maximum atomic E-state index is 12.8. The summed E-state index contributed by atoms with van der Waals surface area (Å²) in [4.78, 5) is 39.2. The zero-order chi connectivity index (χ0) is 22.7.